The van der Waals surface area contributed by atoms with E-state index in [0.717, 1.165) is 25.1 Å². The molecule has 3 N–H and O–H groups in total. The maximum Gasteiger partial charge on any atom is 0.249 e. The maximum atomic E-state index is 11.0. The van der Waals surface area contributed by atoms with Gasteiger partial charge in [-0.1, -0.05) is 5.16 Å². The van der Waals surface area contributed by atoms with Crippen molar-refractivity contribution in [2.24, 2.45) is 10.9 Å². The monoisotopic (exact) mass is 476 g/mol. The quantitative estimate of drug-likeness (QED) is 0.166. The Morgan fingerprint density at radius 1 is 0.968 bits per heavy atom. The first-order valence-corrected chi connectivity index (χ1v) is 12.1. The molecule has 0 radical (unpaired) electrons. The fraction of sp³-hybridized carbons (Fsp3) is 0.294. The van der Waals surface area contributed by atoms with Crippen LogP contribution >= 0.6 is 0 Å². The third-order valence-corrected chi connectivity index (χ3v) is 3.13. The zero-order chi connectivity index (χ0) is 24.1. The van der Waals surface area contributed by atoms with Gasteiger partial charge in [0.25, 0.3) is 0 Å². The lowest BCUT2D eigenvalue weighted by Gasteiger charge is -1.98. The Hall–Kier alpha value is -2.94. The first-order valence-electron chi connectivity index (χ1n) is 8.46. The van der Waals surface area contributed by atoms with E-state index in [9.17, 15) is 4.79 Å². The standard InChI is InChI=1S/C15H16N4O2.2CH4O3S/c16-15(20)14-4-10-19(11-5-14)7-1-6-18-8-2-13(3-9-18)12-17-21;2*1-5(2,3)4/h2-5,8-12H,1,6-7H2,(H-,16,20);2*1H3,(H,2,3,4). The Morgan fingerprint density at radius 2 is 1.32 bits per heavy atom. The summed E-state index contributed by atoms with van der Waals surface area (Å²) in [5.41, 5.74) is 6.56. The molecule has 14 heteroatoms. The van der Waals surface area contributed by atoms with Gasteiger partial charge in [0.05, 0.1) is 38.4 Å². The molecule has 2 aromatic rings. The molecule has 31 heavy (non-hydrogen) atoms. The molecular formula is C17H24N4O8S2. The minimum Gasteiger partial charge on any atom is -0.748 e. The predicted octanol–water partition coefficient (Wildman–Crippen LogP) is -1.42. The Kier molecular flexibility index (Phi) is 12.1. The fourth-order valence-electron chi connectivity index (χ4n) is 1.98. The number of carbonyl (C=O) groups is 1. The van der Waals surface area contributed by atoms with Crippen LogP contribution in [0.15, 0.2) is 54.2 Å². The van der Waals surface area contributed by atoms with Gasteiger partial charge >= 0.3 is 0 Å². The Balaban J connectivity index is 0.000000752. The molecule has 0 spiro atoms. The first-order chi connectivity index (χ1) is 14.2. The molecule has 0 saturated heterocycles. The van der Waals surface area contributed by atoms with Gasteiger partial charge < -0.3 is 20.0 Å². The lowest BCUT2D eigenvalue weighted by molar-refractivity contribution is -0.726. The summed E-state index contributed by atoms with van der Waals surface area (Å²) in [7, 11) is -7.83. The number of pyridine rings is 2. The molecule has 1 amide bonds. The van der Waals surface area contributed by atoms with Crippen LogP contribution < -0.4 is 14.9 Å². The van der Waals surface area contributed by atoms with Gasteiger partial charge in [0.15, 0.2) is 37.9 Å². The Bertz CT molecular complexity index is 1010. The molecule has 0 fully saturated rings. The zero-order valence-electron chi connectivity index (χ0n) is 16.9. The second-order valence-electron chi connectivity index (χ2n) is 6.06. The maximum absolute atomic E-state index is 11.0. The number of carbonyl (C=O) groups excluding carboxylic acids is 1. The van der Waals surface area contributed by atoms with Crippen molar-refractivity contribution in [3.8, 4) is 0 Å². The fourth-order valence-corrected chi connectivity index (χ4v) is 1.98. The largest absolute Gasteiger partial charge is 0.748 e. The summed E-state index contributed by atoms with van der Waals surface area (Å²) in [5.74, 6) is -0.413. The van der Waals surface area contributed by atoms with Gasteiger partial charge in [-0.15, -0.1) is 0 Å². The highest BCUT2D eigenvalue weighted by atomic mass is 32.2. The lowest BCUT2D eigenvalue weighted by atomic mass is 10.2. The van der Waals surface area contributed by atoms with Gasteiger partial charge in [-0.25, -0.2) is 26.0 Å². The Labute approximate surface area is 180 Å². The predicted molar refractivity (Wildman–Crippen MR) is 107 cm³/mol. The van der Waals surface area contributed by atoms with Crippen LogP contribution in [-0.4, -0.2) is 55.8 Å². The van der Waals surface area contributed by atoms with Gasteiger partial charge in [-0.05, 0) is 0 Å². The van der Waals surface area contributed by atoms with E-state index in [1.807, 2.05) is 41.5 Å². The number of rotatable bonds is 6. The van der Waals surface area contributed by atoms with E-state index in [1.165, 1.54) is 6.21 Å². The minimum absolute atomic E-state index is 0.413. The summed E-state index contributed by atoms with van der Waals surface area (Å²) in [6.45, 7) is 1.73. The van der Waals surface area contributed by atoms with Crippen molar-refractivity contribution >= 4 is 32.4 Å². The second-order valence-corrected chi connectivity index (χ2v) is 8.88. The SMILES string of the molecule is CS(=O)(=O)[O-].CS(=O)(=O)[O-].NC(=O)c1cc[n+](CCC[n+]2ccc(C=NO)cc2)cc1. The van der Waals surface area contributed by atoms with Crippen molar-refractivity contribution in [3.05, 3.63) is 60.2 Å². The van der Waals surface area contributed by atoms with Crippen LogP contribution in [0.4, 0.5) is 0 Å². The van der Waals surface area contributed by atoms with Crippen LogP contribution in [0.1, 0.15) is 22.3 Å². The summed E-state index contributed by atoms with van der Waals surface area (Å²) in [5, 5.41) is 11.4. The number of aromatic nitrogens is 2. The number of hydrogen-bond acceptors (Lipinski definition) is 9. The van der Waals surface area contributed by atoms with Crippen molar-refractivity contribution in [3.63, 3.8) is 0 Å². The normalized spacial score (nSPS) is 11.1. The van der Waals surface area contributed by atoms with Crippen LogP contribution in [0.3, 0.4) is 0 Å². The molecule has 12 nitrogen and oxygen atoms in total. The number of nitrogens with zero attached hydrogens (tertiary/aromatic N) is 3. The highest BCUT2D eigenvalue weighted by Crippen LogP contribution is 1.94. The van der Waals surface area contributed by atoms with Crippen LogP contribution in [0.5, 0.6) is 0 Å². The molecule has 2 rings (SSSR count). The third-order valence-electron chi connectivity index (χ3n) is 3.13. The average Bonchev–Trinajstić information content (AvgIpc) is 2.61. The van der Waals surface area contributed by atoms with Crippen LogP contribution in [0, 0.1) is 0 Å². The number of aryl methyl sites for hydroxylation is 2. The van der Waals surface area contributed by atoms with E-state index in [-0.39, 0.29) is 0 Å². The van der Waals surface area contributed by atoms with Gasteiger partial charge in [0, 0.05) is 42.3 Å². The van der Waals surface area contributed by atoms with E-state index in [2.05, 4.69) is 9.72 Å². The van der Waals surface area contributed by atoms with E-state index < -0.39 is 26.1 Å². The number of nitrogens with two attached hydrogens (primary N) is 1. The second kappa shape index (κ2) is 13.4. The summed E-state index contributed by atoms with van der Waals surface area (Å²) in [6.07, 6.45) is 11.1. The average molecular weight is 477 g/mol. The summed E-state index contributed by atoms with van der Waals surface area (Å²) in [6, 6.07) is 7.21. The molecule has 0 aliphatic heterocycles. The number of amides is 1. The molecule has 0 aromatic carbocycles. The van der Waals surface area contributed by atoms with Crippen LogP contribution in [-0.2, 0) is 33.3 Å². The van der Waals surface area contributed by atoms with E-state index in [0.29, 0.717) is 18.1 Å². The Morgan fingerprint density at radius 3 is 1.65 bits per heavy atom. The van der Waals surface area contributed by atoms with Crippen molar-refractivity contribution < 1.29 is 45.1 Å². The van der Waals surface area contributed by atoms with E-state index >= 15 is 0 Å². The summed E-state index contributed by atoms with van der Waals surface area (Å²) in [4.78, 5) is 11.0. The first kappa shape index (κ1) is 28.1. The summed E-state index contributed by atoms with van der Waals surface area (Å²) < 4.78 is 58.5. The molecule has 0 aliphatic carbocycles. The molecule has 0 bridgehead atoms. The van der Waals surface area contributed by atoms with E-state index in [1.54, 1.807) is 12.1 Å². The molecule has 0 saturated carbocycles. The van der Waals surface area contributed by atoms with Gasteiger partial charge in [-0.3, -0.25) is 4.79 Å². The van der Waals surface area contributed by atoms with Crippen molar-refractivity contribution in [1.82, 2.24) is 0 Å². The third kappa shape index (κ3) is 18.8. The molecular weight excluding hydrogens is 452 g/mol. The zero-order valence-corrected chi connectivity index (χ0v) is 18.5. The molecule has 0 aliphatic rings. The smallest absolute Gasteiger partial charge is 0.249 e. The molecule has 172 valence electrons. The van der Waals surface area contributed by atoms with E-state index in [4.69, 9.17) is 36.9 Å². The van der Waals surface area contributed by atoms with Crippen molar-refractivity contribution in [2.45, 2.75) is 19.5 Å². The summed E-state index contributed by atoms with van der Waals surface area (Å²) >= 11 is 0. The topological polar surface area (TPSA) is 198 Å². The molecule has 0 unspecified atom stereocenters. The lowest BCUT2D eigenvalue weighted by Crippen LogP contribution is -2.38. The van der Waals surface area contributed by atoms with Gasteiger partial charge in [0.1, 0.15) is 0 Å². The van der Waals surface area contributed by atoms with Crippen molar-refractivity contribution in [1.29, 1.82) is 0 Å². The van der Waals surface area contributed by atoms with Crippen LogP contribution in [0.2, 0.25) is 0 Å². The van der Waals surface area contributed by atoms with Crippen molar-refractivity contribution in [2.75, 3.05) is 12.5 Å². The van der Waals surface area contributed by atoms with Gasteiger partial charge in [0.2, 0.25) is 5.91 Å². The molecule has 0 atom stereocenters. The number of primary amides is 1. The van der Waals surface area contributed by atoms with Crippen LogP contribution in [0.25, 0.3) is 0 Å². The van der Waals surface area contributed by atoms with Gasteiger partial charge in [-0.2, -0.15) is 0 Å². The molecule has 2 aromatic heterocycles. The highest BCUT2D eigenvalue weighted by molar-refractivity contribution is 7.85. The molecule has 2 heterocycles. The highest BCUT2D eigenvalue weighted by Gasteiger charge is 2.06. The number of oxime groups is 1. The number of hydrogen-bond donors (Lipinski definition) is 2. The minimum atomic E-state index is -3.92.